The van der Waals surface area contributed by atoms with Crippen LogP contribution in [0.5, 0.6) is 0 Å². The van der Waals surface area contributed by atoms with E-state index in [4.69, 9.17) is 5.73 Å². The molecule has 1 aliphatic carbocycles. The fourth-order valence-electron chi connectivity index (χ4n) is 3.71. The van der Waals surface area contributed by atoms with E-state index in [1.807, 2.05) is 20.8 Å². The summed E-state index contributed by atoms with van der Waals surface area (Å²) in [6.07, 6.45) is 21.5. The summed E-state index contributed by atoms with van der Waals surface area (Å²) in [5.74, 6) is 0.590. The minimum Gasteiger partial charge on any atom is -1.00 e. The zero-order valence-corrected chi connectivity index (χ0v) is 27.8. The van der Waals surface area contributed by atoms with Gasteiger partial charge in [-0.2, -0.15) is 11.1 Å². The van der Waals surface area contributed by atoms with Crippen molar-refractivity contribution in [2.45, 2.75) is 151 Å². The summed E-state index contributed by atoms with van der Waals surface area (Å²) in [7, 11) is 0.750. The Morgan fingerprint density at radius 1 is 0.788 bits per heavy atom. The SMILES string of the molecule is CC(C)(C)[NH-].CCCCCCCCC1=C(CCCCCC)C(CC)=[C-]C1C.C[SiH]C.[Cl-].[Cl-].[Ti+4]. The third-order valence-corrected chi connectivity index (χ3v) is 5.10. The Morgan fingerprint density at radius 2 is 1.15 bits per heavy atom. The quantitative estimate of drug-likeness (QED) is 0.186. The second-order valence-corrected chi connectivity index (χ2v) is 11.0. The van der Waals surface area contributed by atoms with Gasteiger partial charge in [-0.25, -0.2) is 5.57 Å². The van der Waals surface area contributed by atoms with Gasteiger partial charge in [-0.15, -0.1) is 5.54 Å². The van der Waals surface area contributed by atoms with E-state index in [9.17, 15) is 0 Å². The first kappa shape index (κ1) is 44.0. The van der Waals surface area contributed by atoms with Crippen LogP contribution in [0, 0.1) is 12.0 Å². The molecule has 1 unspecified atom stereocenters. The van der Waals surface area contributed by atoms with Gasteiger partial charge in [0.2, 0.25) is 0 Å². The first-order chi connectivity index (χ1) is 14.2. The molecule has 0 heterocycles. The first-order valence-corrected chi connectivity index (χ1v) is 15.3. The van der Waals surface area contributed by atoms with Crippen molar-refractivity contribution in [3.63, 3.8) is 0 Å². The van der Waals surface area contributed by atoms with Crippen molar-refractivity contribution in [1.29, 1.82) is 0 Å². The van der Waals surface area contributed by atoms with Gasteiger partial charge in [0.05, 0.1) is 0 Å². The molecule has 0 aromatic heterocycles. The van der Waals surface area contributed by atoms with Gasteiger partial charge in [0.1, 0.15) is 0 Å². The Hall–Kier alpha value is 0.951. The van der Waals surface area contributed by atoms with Crippen molar-refractivity contribution >= 4 is 9.52 Å². The number of unbranched alkanes of at least 4 members (excludes halogenated alkanes) is 8. The number of rotatable bonds is 13. The van der Waals surface area contributed by atoms with E-state index in [0.29, 0.717) is 5.92 Å². The van der Waals surface area contributed by atoms with Crippen molar-refractivity contribution in [1.82, 2.24) is 0 Å². The third-order valence-electron chi connectivity index (χ3n) is 5.10. The number of allylic oxidation sites excluding steroid dienone is 4. The Kier molecular flexibility index (Phi) is 38.9. The number of nitrogens with one attached hydrogen (secondary N) is 1. The van der Waals surface area contributed by atoms with Gasteiger partial charge in [0.25, 0.3) is 0 Å². The van der Waals surface area contributed by atoms with E-state index in [2.05, 4.69) is 46.9 Å². The summed E-state index contributed by atoms with van der Waals surface area (Å²) in [6, 6.07) is 0. The molecule has 1 N–H and O–H groups in total. The number of hydrogen-bond donors (Lipinski definition) is 0. The summed E-state index contributed by atoms with van der Waals surface area (Å²) < 4.78 is 0. The summed E-state index contributed by atoms with van der Waals surface area (Å²) in [5.41, 5.74) is 11.7. The molecule has 1 rings (SSSR count). The Labute approximate surface area is 239 Å². The van der Waals surface area contributed by atoms with E-state index in [-0.39, 0.29) is 52.1 Å². The van der Waals surface area contributed by atoms with Gasteiger partial charge in [0.15, 0.2) is 0 Å². The van der Waals surface area contributed by atoms with Crippen LogP contribution in [0.15, 0.2) is 16.7 Å². The van der Waals surface area contributed by atoms with Gasteiger partial charge < -0.3 is 30.5 Å². The standard InChI is InChI=1S/C22H39.C4H10N.C2H7Si.2ClH.Ti/c1-5-8-10-12-13-15-16-21-19(4)18-20(7-3)22(21)17-14-11-9-6-2;1-4(2,3)5;1-3-2;;;/h19H,5-17H2,1-4H3;5H,1-3H3;3H,1-2H3;2*1H;/q2*-1;;;;+4/p-2. The third kappa shape index (κ3) is 29.1. The molecule has 1 aliphatic rings. The van der Waals surface area contributed by atoms with Crippen molar-refractivity contribution in [3.8, 4) is 0 Å². The second-order valence-electron chi connectivity index (χ2n) is 9.86. The Bertz CT molecular complexity index is 453. The smallest absolute Gasteiger partial charge is 1.00 e. The van der Waals surface area contributed by atoms with Crippen LogP contribution in [0.25, 0.3) is 5.73 Å². The maximum Gasteiger partial charge on any atom is 4.00 e. The van der Waals surface area contributed by atoms with Gasteiger partial charge in [0, 0.05) is 9.52 Å². The number of hydrogen-bond acceptors (Lipinski definition) is 0. The molecule has 0 bridgehead atoms. The maximum absolute atomic E-state index is 6.94. The topological polar surface area (TPSA) is 23.8 Å². The fourth-order valence-corrected chi connectivity index (χ4v) is 3.71. The molecule has 0 amide bonds. The normalized spacial score (nSPS) is 14.5. The van der Waals surface area contributed by atoms with Crippen LogP contribution < -0.4 is 24.8 Å². The van der Waals surface area contributed by atoms with Crippen molar-refractivity contribution in [2.24, 2.45) is 5.92 Å². The van der Waals surface area contributed by atoms with Crippen LogP contribution in [0.2, 0.25) is 13.1 Å². The Morgan fingerprint density at radius 3 is 1.58 bits per heavy atom. The van der Waals surface area contributed by atoms with Crippen LogP contribution in [0.3, 0.4) is 0 Å². The van der Waals surface area contributed by atoms with Crippen LogP contribution in [-0.4, -0.2) is 15.1 Å². The largest absolute Gasteiger partial charge is 4.00 e. The zero-order chi connectivity index (χ0) is 23.4. The Balaban J connectivity index is -0.000000206. The summed E-state index contributed by atoms with van der Waals surface area (Å²) in [6.45, 7) is 19.2. The van der Waals surface area contributed by atoms with Crippen LogP contribution in [-0.2, 0) is 21.7 Å². The van der Waals surface area contributed by atoms with E-state index in [0.717, 1.165) is 9.52 Å². The van der Waals surface area contributed by atoms with E-state index in [1.165, 1.54) is 83.5 Å². The van der Waals surface area contributed by atoms with Crippen molar-refractivity contribution < 1.29 is 46.5 Å². The predicted molar refractivity (Wildman–Crippen MR) is 143 cm³/mol. The van der Waals surface area contributed by atoms with Gasteiger partial charge in [-0.3, -0.25) is 6.08 Å². The first-order valence-electron chi connectivity index (χ1n) is 13.0. The molecule has 0 saturated heterocycles. The molecule has 195 valence electrons. The van der Waals surface area contributed by atoms with Crippen LogP contribution in [0.1, 0.15) is 132 Å². The van der Waals surface area contributed by atoms with Crippen LogP contribution in [0.4, 0.5) is 0 Å². The molecule has 0 aromatic carbocycles. The minimum atomic E-state index is -0.250. The average Bonchev–Trinajstić information content (AvgIpc) is 2.96. The molecule has 0 aromatic rings. The monoisotopic (exact) mass is 552 g/mol. The predicted octanol–water partition coefficient (Wildman–Crippen LogP) is 4.15. The molecule has 0 spiro atoms. The van der Waals surface area contributed by atoms with E-state index >= 15 is 0 Å². The van der Waals surface area contributed by atoms with Gasteiger partial charge >= 0.3 is 21.7 Å². The number of halogens is 2. The molecular weight excluding hydrogens is 497 g/mol. The minimum absolute atomic E-state index is 0. The van der Waals surface area contributed by atoms with Crippen LogP contribution >= 0.6 is 0 Å². The molecule has 33 heavy (non-hydrogen) atoms. The maximum atomic E-state index is 6.94. The average molecular weight is 554 g/mol. The molecule has 5 heteroatoms. The molecule has 0 fully saturated rings. The van der Waals surface area contributed by atoms with Crippen molar-refractivity contribution in [2.75, 3.05) is 0 Å². The summed E-state index contributed by atoms with van der Waals surface area (Å²) in [4.78, 5) is 0. The van der Waals surface area contributed by atoms with Gasteiger partial charge in [-0.05, 0) is 6.42 Å². The second kappa shape index (κ2) is 29.2. The van der Waals surface area contributed by atoms with E-state index < -0.39 is 0 Å². The van der Waals surface area contributed by atoms with E-state index in [1.54, 1.807) is 16.7 Å². The summed E-state index contributed by atoms with van der Waals surface area (Å²) in [5, 5.41) is 0. The fraction of sp³-hybridized carbons (Fsp3) is 0.857. The molecular formula is C28H56Cl2NSiTi. The molecule has 1 radical (unpaired) electrons. The molecule has 1 atom stereocenters. The van der Waals surface area contributed by atoms with Gasteiger partial charge in [-0.1, -0.05) is 145 Å². The zero-order valence-electron chi connectivity index (χ0n) is 23.6. The summed E-state index contributed by atoms with van der Waals surface area (Å²) >= 11 is 0. The molecule has 0 aliphatic heterocycles. The molecule has 1 nitrogen and oxygen atoms in total. The van der Waals surface area contributed by atoms with Crippen molar-refractivity contribution in [3.05, 3.63) is 28.5 Å². The molecule has 0 saturated carbocycles.